The third kappa shape index (κ3) is 2.76. The van der Waals surface area contributed by atoms with Gasteiger partial charge in [-0.15, -0.1) is 0 Å². The molecule has 1 aromatic carbocycles. The quantitative estimate of drug-likeness (QED) is 0.850. The van der Waals surface area contributed by atoms with Crippen LogP contribution >= 0.6 is 0 Å². The molecule has 19 heavy (non-hydrogen) atoms. The largest absolute Gasteiger partial charge is 0.398 e. The second-order valence-electron chi connectivity index (χ2n) is 4.65. The van der Waals surface area contributed by atoms with Crippen LogP contribution in [0.5, 0.6) is 0 Å². The van der Waals surface area contributed by atoms with E-state index in [9.17, 15) is 4.79 Å². The molecule has 100 valence electrons. The van der Waals surface area contributed by atoms with Crippen LogP contribution in [0.1, 0.15) is 21.7 Å². The van der Waals surface area contributed by atoms with E-state index in [1.807, 2.05) is 31.2 Å². The minimum absolute atomic E-state index is 0.0636. The molecule has 2 aromatic rings. The maximum atomic E-state index is 12.3. The fraction of sp³-hybridized carbons (Fsp3) is 0.286. The van der Waals surface area contributed by atoms with Gasteiger partial charge in [-0.3, -0.25) is 9.48 Å². The van der Waals surface area contributed by atoms with Crippen LogP contribution in [0.3, 0.4) is 0 Å². The third-order valence-electron chi connectivity index (χ3n) is 3.03. The number of carbonyl (C=O) groups is 1. The Bertz CT molecular complexity index is 603. The summed E-state index contributed by atoms with van der Waals surface area (Å²) in [6.07, 6.45) is 0. The van der Waals surface area contributed by atoms with Crippen LogP contribution in [0.2, 0.25) is 0 Å². The predicted molar refractivity (Wildman–Crippen MR) is 74.6 cm³/mol. The number of nitrogen functional groups attached to an aromatic ring is 1. The summed E-state index contributed by atoms with van der Waals surface area (Å²) in [5.74, 6) is -0.0636. The van der Waals surface area contributed by atoms with Gasteiger partial charge in [0.05, 0.1) is 5.69 Å². The monoisotopic (exact) mass is 258 g/mol. The standard InChI is InChI=1S/C14H18N4O/c1-10-8-13(18(3)16-10)14(19)17(2)9-11-6-4-5-7-12(11)15/h4-8H,9,15H2,1-3H3. The number of para-hydroxylation sites is 1. The number of nitrogens with zero attached hydrogens (tertiary/aromatic N) is 3. The fourth-order valence-electron chi connectivity index (χ4n) is 2.01. The van der Waals surface area contributed by atoms with Crippen molar-refractivity contribution in [1.29, 1.82) is 0 Å². The summed E-state index contributed by atoms with van der Waals surface area (Å²) in [6.45, 7) is 2.35. The first kappa shape index (κ1) is 13.1. The smallest absolute Gasteiger partial charge is 0.272 e. The molecule has 0 fully saturated rings. The lowest BCUT2D eigenvalue weighted by Crippen LogP contribution is -2.28. The predicted octanol–water partition coefficient (Wildman–Crippen LogP) is 1.58. The molecule has 2 N–H and O–H groups in total. The van der Waals surface area contributed by atoms with Crippen molar-refractivity contribution in [3.8, 4) is 0 Å². The molecule has 5 nitrogen and oxygen atoms in total. The van der Waals surface area contributed by atoms with E-state index in [-0.39, 0.29) is 5.91 Å². The molecule has 1 heterocycles. The normalized spacial score (nSPS) is 10.5. The first-order valence-electron chi connectivity index (χ1n) is 6.08. The van der Waals surface area contributed by atoms with Crippen molar-refractivity contribution >= 4 is 11.6 Å². The number of nitrogens with two attached hydrogens (primary N) is 1. The van der Waals surface area contributed by atoms with Crippen molar-refractivity contribution in [2.75, 3.05) is 12.8 Å². The number of hydrogen-bond donors (Lipinski definition) is 1. The van der Waals surface area contributed by atoms with Gasteiger partial charge in [0.25, 0.3) is 5.91 Å². The van der Waals surface area contributed by atoms with Crippen molar-refractivity contribution in [2.24, 2.45) is 7.05 Å². The van der Waals surface area contributed by atoms with E-state index in [1.165, 1.54) is 0 Å². The zero-order chi connectivity index (χ0) is 14.0. The molecule has 0 aliphatic rings. The summed E-state index contributed by atoms with van der Waals surface area (Å²) in [5.41, 5.74) is 8.94. The van der Waals surface area contributed by atoms with E-state index in [4.69, 9.17) is 5.73 Å². The molecular formula is C14H18N4O. The topological polar surface area (TPSA) is 64.2 Å². The molecule has 0 aliphatic carbocycles. The van der Waals surface area contributed by atoms with Gasteiger partial charge in [-0.05, 0) is 24.6 Å². The average molecular weight is 258 g/mol. The van der Waals surface area contributed by atoms with E-state index in [1.54, 1.807) is 29.7 Å². The highest BCUT2D eigenvalue weighted by Crippen LogP contribution is 2.14. The number of benzene rings is 1. The van der Waals surface area contributed by atoms with Crippen LogP contribution in [0.25, 0.3) is 0 Å². The molecule has 0 saturated carbocycles. The van der Waals surface area contributed by atoms with Gasteiger partial charge in [0.1, 0.15) is 5.69 Å². The van der Waals surface area contributed by atoms with Crippen LogP contribution in [-0.4, -0.2) is 27.6 Å². The van der Waals surface area contributed by atoms with Crippen LogP contribution < -0.4 is 5.73 Å². The Labute approximate surface area is 112 Å². The fourth-order valence-corrected chi connectivity index (χ4v) is 2.01. The summed E-state index contributed by atoms with van der Waals surface area (Å²) in [4.78, 5) is 14.0. The van der Waals surface area contributed by atoms with Crippen molar-refractivity contribution in [3.05, 3.63) is 47.3 Å². The lowest BCUT2D eigenvalue weighted by molar-refractivity contribution is 0.0774. The minimum atomic E-state index is -0.0636. The SMILES string of the molecule is Cc1cc(C(=O)N(C)Cc2ccccc2N)n(C)n1. The number of amides is 1. The highest BCUT2D eigenvalue weighted by molar-refractivity contribution is 5.92. The molecule has 1 amide bonds. The van der Waals surface area contributed by atoms with Gasteiger partial charge in [0.15, 0.2) is 0 Å². The van der Waals surface area contributed by atoms with Gasteiger partial charge < -0.3 is 10.6 Å². The molecular weight excluding hydrogens is 240 g/mol. The molecule has 5 heteroatoms. The lowest BCUT2D eigenvalue weighted by Gasteiger charge is -2.18. The van der Waals surface area contributed by atoms with Crippen LogP contribution in [0, 0.1) is 6.92 Å². The molecule has 0 atom stereocenters. The highest BCUT2D eigenvalue weighted by atomic mass is 16.2. The summed E-state index contributed by atoms with van der Waals surface area (Å²) < 4.78 is 1.60. The Hall–Kier alpha value is -2.30. The minimum Gasteiger partial charge on any atom is -0.398 e. The van der Waals surface area contributed by atoms with Crippen molar-refractivity contribution in [1.82, 2.24) is 14.7 Å². The van der Waals surface area contributed by atoms with Gasteiger partial charge in [-0.1, -0.05) is 18.2 Å². The number of rotatable bonds is 3. The van der Waals surface area contributed by atoms with E-state index in [0.717, 1.165) is 11.3 Å². The number of aryl methyl sites for hydroxylation is 2. The first-order chi connectivity index (χ1) is 8.99. The first-order valence-corrected chi connectivity index (χ1v) is 6.08. The molecule has 0 unspecified atom stereocenters. The van der Waals surface area contributed by atoms with Crippen molar-refractivity contribution < 1.29 is 4.79 Å². The Morgan fingerprint density at radius 3 is 2.68 bits per heavy atom. The molecule has 0 bridgehead atoms. The van der Waals surface area contributed by atoms with E-state index in [2.05, 4.69) is 5.10 Å². The van der Waals surface area contributed by atoms with Gasteiger partial charge >= 0.3 is 0 Å². The number of carbonyl (C=O) groups excluding carboxylic acids is 1. The Balaban J connectivity index is 2.16. The van der Waals surface area contributed by atoms with Crippen LogP contribution in [0.15, 0.2) is 30.3 Å². The van der Waals surface area contributed by atoms with Crippen LogP contribution in [-0.2, 0) is 13.6 Å². The molecule has 1 aromatic heterocycles. The lowest BCUT2D eigenvalue weighted by atomic mass is 10.1. The summed E-state index contributed by atoms with van der Waals surface area (Å²) in [6, 6.07) is 9.34. The summed E-state index contributed by atoms with van der Waals surface area (Å²) in [7, 11) is 3.53. The van der Waals surface area contributed by atoms with Crippen molar-refractivity contribution in [3.63, 3.8) is 0 Å². The van der Waals surface area contributed by atoms with Crippen molar-refractivity contribution in [2.45, 2.75) is 13.5 Å². The van der Waals surface area contributed by atoms with E-state index >= 15 is 0 Å². The Morgan fingerprint density at radius 1 is 1.42 bits per heavy atom. The van der Waals surface area contributed by atoms with Gasteiger partial charge in [-0.25, -0.2) is 0 Å². The van der Waals surface area contributed by atoms with Gasteiger partial charge in [-0.2, -0.15) is 5.10 Å². The molecule has 0 spiro atoms. The second kappa shape index (κ2) is 5.14. The van der Waals surface area contributed by atoms with E-state index < -0.39 is 0 Å². The Kier molecular flexibility index (Phi) is 3.55. The van der Waals surface area contributed by atoms with E-state index in [0.29, 0.717) is 17.9 Å². The molecule has 0 saturated heterocycles. The Morgan fingerprint density at radius 2 is 2.11 bits per heavy atom. The number of aromatic nitrogens is 2. The van der Waals surface area contributed by atoms with Crippen LogP contribution in [0.4, 0.5) is 5.69 Å². The van der Waals surface area contributed by atoms with Gasteiger partial charge in [0.2, 0.25) is 0 Å². The zero-order valence-corrected chi connectivity index (χ0v) is 11.4. The summed E-state index contributed by atoms with van der Waals surface area (Å²) in [5, 5.41) is 4.18. The third-order valence-corrected chi connectivity index (χ3v) is 3.03. The number of hydrogen-bond acceptors (Lipinski definition) is 3. The second-order valence-corrected chi connectivity index (χ2v) is 4.65. The summed E-state index contributed by atoms with van der Waals surface area (Å²) >= 11 is 0. The molecule has 2 rings (SSSR count). The zero-order valence-electron chi connectivity index (χ0n) is 11.4. The average Bonchev–Trinajstić information content (AvgIpc) is 2.70. The highest BCUT2D eigenvalue weighted by Gasteiger charge is 2.17. The molecule has 0 aliphatic heterocycles. The maximum Gasteiger partial charge on any atom is 0.272 e. The molecule has 0 radical (unpaired) electrons. The number of anilines is 1. The van der Waals surface area contributed by atoms with Gasteiger partial charge in [0, 0.05) is 26.3 Å². The maximum absolute atomic E-state index is 12.3.